The lowest BCUT2D eigenvalue weighted by Crippen LogP contribution is -2.32. The van der Waals surface area contributed by atoms with Crippen LogP contribution in [0.1, 0.15) is 13.3 Å². The lowest BCUT2D eigenvalue weighted by molar-refractivity contribution is -0.145. The molecule has 3 heteroatoms. The second-order valence-corrected chi connectivity index (χ2v) is 2.81. The summed E-state index contributed by atoms with van der Waals surface area (Å²) in [4.78, 5) is 11.2. The average Bonchev–Trinajstić information content (AvgIpc) is 2.52. The molecule has 0 amide bonds. The fourth-order valence-corrected chi connectivity index (χ4v) is 1.29. The highest BCUT2D eigenvalue weighted by atomic mass is 16.5. The monoisotopic (exact) mass is 167 g/mol. The molecule has 1 aliphatic heterocycles. The zero-order valence-corrected chi connectivity index (χ0v) is 7.17. The van der Waals surface area contributed by atoms with Crippen molar-refractivity contribution in [3.05, 3.63) is 0 Å². The molecule has 0 unspecified atom stereocenters. The van der Waals surface area contributed by atoms with Crippen LogP contribution >= 0.6 is 0 Å². The van der Waals surface area contributed by atoms with Crippen LogP contribution in [0.15, 0.2) is 0 Å². The predicted molar refractivity (Wildman–Crippen MR) is 45.4 cm³/mol. The van der Waals surface area contributed by atoms with Crippen LogP contribution in [0.4, 0.5) is 0 Å². The standard InChI is InChI=1S/C9H13NO2/c1-3-7-5-8(10-6-7)9(11)12-4-2/h1,7-8,10H,4-6H2,2H3/t7-,8-/m0/s1. The number of esters is 1. The molecule has 0 saturated carbocycles. The molecule has 1 aliphatic rings. The largest absolute Gasteiger partial charge is 0.465 e. The van der Waals surface area contributed by atoms with Crippen molar-refractivity contribution in [3.63, 3.8) is 0 Å². The number of ether oxygens (including phenoxy) is 1. The van der Waals surface area contributed by atoms with Gasteiger partial charge < -0.3 is 10.1 Å². The Labute approximate surface area is 72.5 Å². The Balaban J connectivity index is 2.37. The van der Waals surface area contributed by atoms with Crippen LogP contribution in [0.3, 0.4) is 0 Å². The van der Waals surface area contributed by atoms with Crippen molar-refractivity contribution in [1.82, 2.24) is 5.32 Å². The molecule has 0 aromatic carbocycles. The van der Waals surface area contributed by atoms with Crippen molar-refractivity contribution < 1.29 is 9.53 Å². The van der Waals surface area contributed by atoms with E-state index >= 15 is 0 Å². The summed E-state index contributed by atoms with van der Waals surface area (Å²) in [5.74, 6) is 2.62. The summed E-state index contributed by atoms with van der Waals surface area (Å²) in [6.45, 7) is 2.95. The molecule has 0 aromatic rings. The van der Waals surface area contributed by atoms with Gasteiger partial charge in [-0.05, 0) is 13.3 Å². The fraction of sp³-hybridized carbons (Fsp3) is 0.667. The Kier molecular flexibility index (Phi) is 3.12. The first kappa shape index (κ1) is 9.08. The maximum atomic E-state index is 11.2. The molecule has 3 nitrogen and oxygen atoms in total. The summed E-state index contributed by atoms with van der Waals surface area (Å²) in [5, 5.41) is 3.03. The Morgan fingerprint density at radius 1 is 1.83 bits per heavy atom. The molecule has 12 heavy (non-hydrogen) atoms. The zero-order valence-electron chi connectivity index (χ0n) is 7.17. The van der Waals surface area contributed by atoms with Crippen LogP contribution < -0.4 is 5.32 Å². The molecule has 66 valence electrons. The van der Waals surface area contributed by atoms with Gasteiger partial charge in [0.15, 0.2) is 0 Å². The van der Waals surface area contributed by atoms with E-state index in [0.717, 1.165) is 6.54 Å². The number of terminal acetylenes is 1. The smallest absolute Gasteiger partial charge is 0.323 e. The average molecular weight is 167 g/mol. The fourth-order valence-electron chi connectivity index (χ4n) is 1.29. The zero-order chi connectivity index (χ0) is 8.97. The third-order valence-electron chi connectivity index (χ3n) is 1.94. The van der Waals surface area contributed by atoms with Crippen LogP contribution in [-0.2, 0) is 9.53 Å². The highest BCUT2D eigenvalue weighted by Gasteiger charge is 2.28. The third-order valence-corrected chi connectivity index (χ3v) is 1.94. The molecule has 2 atom stereocenters. The van der Waals surface area contributed by atoms with Crippen LogP contribution in [0.25, 0.3) is 0 Å². The first-order chi connectivity index (χ1) is 5.77. The number of hydrogen-bond acceptors (Lipinski definition) is 3. The molecule has 1 N–H and O–H groups in total. The molecule has 0 aromatic heterocycles. The van der Waals surface area contributed by atoms with E-state index in [-0.39, 0.29) is 17.9 Å². The molecular weight excluding hydrogens is 154 g/mol. The number of carbonyl (C=O) groups is 1. The maximum absolute atomic E-state index is 11.2. The Morgan fingerprint density at radius 3 is 3.08 bits per heavy atom. The van der Waals surface area contributed by atoms with Gasteiger partial charge in [0, 0.05) is 12.5 Å². The summed E-state index contributed by atoms with van der Waals surface area (Å²) in [7, 11) is 0. The quantitative estimate of drug-likeness (QED) is 0.470. The molecule has 0 radical (unpaired) electrons. The van der Waals surface area contributed by atoms with Gasteiger partial charge in [0.1, 0.15) is 6.04 Å². The van der Waals surface area contributed by atoms with Crippen LogP contribution in [-0.4, -0.2) is 25.2 Å². The van der Waals surface area contributed by atoms with Crippen molar-refractivity contribution >= 4 is 5.97 Å². The van der Waals surface area contributed by atoms with Gasteiger partial charge >= 0.3 is 5.97 Å². The topological polar surface area (TPSA) is 38.3 Å². The minimum atomic E-state index is -0.189. The highest BCUT2D eigenvalue weighted by molar-refractivity contribution is 5.76. The predicted octanol–water partition coefficient (Wildman–Crippen LogP) is 0.161. The van der Waals surface area contributed by atoms with E-state index in [0.29, 0.717) is 13.0 Å². The van der Waals surface area contributed by atoms with Gasteiger partial charge in [-0.3, -0.25) is 4.79 Å². The second kappa shape index (κ2) is 4.13. The van der Waals surface area contributed by atoms with Gasteiger partial charge in [0.05, 0.1) is 6.61 Å². The van der Waals surface area contributed by atoms with Crippen molar-refractivity contribution in [3.8, 4) is 12.3 Å². The Bertz CT molecular complexity index is 207. The summed E-state index contributed by atoms with van der Waals surface area (Å²) < 4.78 is 4.85. The lowest BCUT2D eigenvalue weighted by atomic mass is 10.1. The van der Waals surface area contributed by atoms with Gasteiger partial charge in [-0.25, -0.2) is 0 Å². The van der Waals surface area contributed by atoms with E-state index in [1.807, 2.05) is 0 Å². The van der Waals surface area contributed by atoms with E-state index < -0.39 is 0 Å². The number of carbonyl (C=O) groups excluding carboxylic acids is 1. The summed E-state index contributed by atoms with van der Waals surface area (Å²) in [6.07, 6.45) is 5.93. The normalized spacial score (nSPS) is 28.0. The number of nitrogens with one attached hydrogen (secondary N) is 1. The van der Waals surface area contributed by atoms with Gasteiger partial charge in [-0.1, -0.05) is 0 Å². The minimum Gasteiger partial charge on any atom is -0.465 e. The van der Waals surface area contributed by atoms with Crippen molar-refractivity contribution in [2.45, 2.75) is 19.4 Å². The van der Waals surface area contributed by atoms with E-state index in [2.05, 4.69) is 11.2 Å². The van der Waals surface area contributed by atoms with Crippen LogP contribution in [0, 0.1) is 18.3 Å². The lowest BCUT2D eigenvalue weighted by Gasteiger charge is -2.07. The van der Waals surface area contributed by atoms with Gasteiger partial charge in [-0.2, -0.15) is 0 Å². The minimum absolute atomic E-state index is 0.180. The molecule has 1 fully saturated rings. The van der Waals surface area contributed by atoms with E-state index in [9.17, 15) is 4.79 Å². The number of rotatable bonds is 2. The molecule has 0 aliphatic carbocycles. The third kappa shape index (κ3) is 1.99. The van der Waals surface area contributed by atoms with Crippen LogP contribution in [0.5, 0.6) is 0 Å². The molecule has 0 bridgehead atoms. The van der Waals surface area contributed by atoms with Crippen molar-refractivity contribution in [2.24, 2.45) is 5.92 Å². The number of hydrogen-bond donors (Lipinski definition) is 1. The van der Waals surface area contributed by atoms with Crippen molar-refractivity contribution in [1.29, 1.82) is 0 Å². The van der Waals surface area contributed by atoms with E-state index in [4.69, 9.17) is 11.2 Å². The van der Waals surface area contributed by atoms with Gasteiger partial charge in [0.2, 0.25) is 0 Å². The Morgan fingerprint density at radius 2 is 2.58 bits per heavy atom. The highest BCUT2D eigenvalue weighted by Crippen LogP contribution is 2.13. The van der Waals surface area contributed by atoms with Crippen LogP contribution in [0.2, 0.25) is 0 Å². The van der Waals surface area contributed by atoms with E-state index in [1.165, 1.54) is 0 Å². The summed E-state index contributed by atoms with van der Waals surface area (Å²) in [5.41, 5.74) is 0. The van der Waals surface area contributed by atoms with Gasteiger partial charge in [-0.15, -0.1) is 12.3 Å². The summed E-state index contributed by atoms with van der Waals surface area (Å²) in [6, 6.07) is -0.189. The SMILES string of the molecule is C#C[C@@H]1CN[C@H](C(=O)OCC)C1. The first-order valence-corrected chi connectivity index (χ1v) is 4.14. The molecule has 1 heterocycles. The summed E-state index contributed by atoms with van der Waals surface area (Å²) >= 11 is 0. The molecule has 1 saturated heterocycles. The second-order valence-electron chi connectivity index (χ2n) is 2.81. The Hall–Kier alpha value is -1.01. The van der Waals surface area contributed by atoms with E-state index in [1.54, 1.807) is 6.92 Å². The molecule has 1 rings (SSSR count). The van der Waals surface area contributed by atoms with Gasteiger partial charge in [0.25, 0.3) is 0 Å². The molecule has 0 spiro atoms. The van der Waals surface area contributed by atoms with Crippen molar-refractivity contribution in [2.75, 3.05) is 13.2 Å². The molecular formula is C9H13NO2. The maximum Gasteiger partial charge on any atom is 0.323 e. The first-order valence-electron chi connectivity index (χ1n) is 4.14.